The number of hydrogen-bond acceptors (Lipinski definition) is 3. The molecule has 1 heterocycles. The van der Waals surface area contributed by atoms with Crippen LogP contribution in [-0.4, -0.2) is 39.9 Å². The van der Waals surface area contributed by atoms with Gasteiger partial charge in [0.05, 0.1) is 0 Å². The van der Waals surface area contributed by atoms with Crippen LogP contribution in [0.1, 0.15) is 46.9 Å². The van der Waals surface area contributed by atoms with Crippen molar-refractivity contribution in [1.82, 2.24) is 4.90 Å². The lowest BCUT2D eigenvalue weighted by Gasteiger charge is -2.34. The van der Waals surface area contributed by atoms with E-state index in [0.29, 0.717) is 25.8 Å². The molecule has 1 saturated heterocycles. The molecule has 2 rings (SSSR count). The highest BCUT2D eigenvalue weighted by molar-refractivity contribution is 6.01. The summed E-state index contributed by atoms with van der Waals surface area (Å²) in [6.45, 7) is 2.17. The highest BCUT2D eigenvalue weighted by Gasteiger charge is 2.48. The molecular formula is C15H18N2O4. The van der Waals surface area contributed by atoms with Gasteiger partial charge in [0, 0.05) is 17.7 Å². The molecule has 1 atom stereocenters. The minimum atomic E-state index is -1.15. The van der Waals surface area contributed by atoms with Crippen LogP contribution in [0.4, 0.5) is 0 Å². The summed E-state index contributed by atoms with van der Waals surface area (Å²) < 4.78 is 0. The number of nitrogens with two attached hydrogens (primary N) is 1. The first kappa shape index (κ1) is 15.0. The van der Waals surface area contributed by atoms with Gasteiger partial charge in [-0.2, -0.15) is 0 Å². The maximum Gasteiger partial charge on any atom is 0.329 e. The molecule has 0 bridgehead atoms. The molecule has 1 fully saturated rings. The molecule has 0 radical (unpaired) electrons. The Labute approximate surface area is 122 Å². The Hall–Kier alpha value is -2.37. The summed E-state index contributed by atoms with van der Waals surface area (Å²) in [7, 11) is 0. The molecule has 1 unspecified atom stereocenters. The van der Waals surface area contributed by atoms with E-state index in [2.05, 4.69) is 0 Å². The number of carboxylic acid groups (broad SMARTS) is 1. The van der Waals surface area contributed by atoms with E-state index in [9.17, 15) is 19.5 Å². The molecular weight excluding hydrogens is 272 g/mol. The molecule has 6 nitrogen and oxygen atoms in total. The molecule has 0 spiro atoms. The predicted octanol–water partition coefficient (Wildman–Crippen LogP) is 1.25. The highest BCUT2D eigenvalue weighted by Crippen LogP contribution is 2.34. The summed E-state index contributed by atoms with van der Waals surface area (Å²) in [5.74, 6) is -1.98. The minimum Gasteiger partial charge on any atom is -0.479 e. The number of nitrogens with zero attached hydrogens (tertiary/aromatic N) is 1. The fourth-order valence-corrected chi connectivity index (χ4v) is 2.88. The van der Waals surface area contributed by atoms with Crippen LogP contribution in [0.15, 0.2) is 24.3 Å². The molecule has 1 aliphatic rings. The van der Waals surface area contributed by atoms with Crippen LogP contribution < -0.4 is 5.73 Å². The second-order valence-corrected chi connectivity index (χ2v) is 5.20. The second kappa shape index (κ2) is 5.55. The lowest BCUT2D eigenvalue weighted by Crippen LogP contribution is -2.52. The van der Waals surface area contributed by atoms with E-state index in [1.165, 1.54) is 17.0 Å². The van der Waals surface area contributed by atoms with Gasteiger partial charge in [0.25, 0.3) is 5.91 Å². The molecule has 1 aliphatic heterocycles. The normalized spacial score (nSPS) is 21.3. The number of amides is 2. The quantitative estimate of drug-likeness (QED) is 0.871. The van der Waals surface area contributed by atoms with Gasteiger partial charge in [0.2, 0.25) is 5.91 Å². The van der Waals surface area contributed by atoms with Crippen LogP contribution in [0.2, 0.25) is 0 Å². The van der Waals surface area contributed by atoms with E-state index in [1.807, 2.05) is 0 Å². The summed E-state index contributed by atoms with van der Waals surface area (Å²) in [5.41, 5.74) is 4.57. The molecule has 0 aliphatic carbocycles. The van der Waals surface area contributed by atoms with Gasteiger partial charge in [-0.15, -0.1) is 0 Å². The SMILES string of the molecule is CCC1(C(=O)O)CCCN1C(=O)c1cccc(C(N)=O)c1. The smallest absolute Gasteiger partial charge is 0.329 e. The van der Waals surface area contributed by atoms with Crippen molar-refractivity contribution in [3.05, 3.63) is 35.4 Å². The number of primary amides is 1. The van der Waals surface area contributed by atoms with E-state index < -0.39 is 17.4 Å². The Balaban J connectivity index is 2.37. The zero-order valence-electron chi connectivity index (χ0n) is 11.8. The zero-order valence-corrected chi connectivity index (χ0v) is 11.8. The topological polar surface area (TPSA) is 101 Å². The maximum absolute atomic E-state index is 12.6. The zero-order chi connectivity index (χ0) is 15.6. The number of benzene rings is 1. The van der Waals surface area contributed by atoms with Crippen molar-refractivity contribution >= 4 is 17.8 Å². The first-order valence-electron chi connectivity index (χ1n) is 6.87. The van der Waals surface area contributed by atoms with Crippen molar-refractivity contribution < 1.29 is 19.5 Å². The van der Waals surface area contributed by atoms with Gasteiger partial charge in [-0.1, -0.05) is 13.0 Å². The highest BCUT2D eigenvalue weighted by atomic mass is 16.4. The van der Waals surface area contributed by atoms with Crippen LogP contribution >= 0.6 is 0 Å². The third kappa shape index (κ3) is 2.49. The van der Waals surface area contributed by atoms with Gasteiger partial charge < -0.3 is 15.7 Å². The lowest BCUT2D eigenvalue weighted by atomic mass is 9.92. The fourth-order valence-electron chi connectivity index (χ4n) is 2.88. The number of carbonyl (C=O) groups excluding carboxylic acids is 2. The number of carboxylic acids is 1. The van der Waals surface area contributed by atoms with E-state index in [-0.39, 0.29) is 17.0 Å². The predicted molar refractivity (Wildman–Crippen MR) is 75.9 cm³/mol. The Kier molecular flexibility index (Phi) is 3.97. The average molecular weight is 290 g/mol. The summed E-state index contributed by atoms with van der Waals surface area (Å²) in [6.07, 6.45) is 1.45. The van der Waals surface area contributed by atoms with Crippen LogP contribution in [0.5, 0.6) is 0 Å². The summed E-state index contributed by atoms with van der Waals surface area (Å²) in [6, 6.07) is 6.06. The van der Waals surface area contributed by atoms with Gasteiger partial charge in [-0.05, 0) is 37.5 Å². The molecule has 0 saturated carbocycles. The van der Waals surface area contributed by atoms with Gasteiger partial charge in [-0.25, -0.2) is 4.79 Å². The molecule has 6 heteroatoms. The van der Waals surface area contributed by atoms with Gasteiger partial charge in [0.1, 0.15) is 5.54 Å². The van der Waals surface area contributed by atoms with Crippen molar-refractivity contribution in [3.63, 3.8) is 0 Å². The number of rotatable bonds is 4. The Morgan fingerprint density at radius 2 is 2.00 bits per heavy atom. The molecule has 3 N–H and O–H groups in total. The van der Waals surface area contributed by atoms with Crippen LogP contribution in [0.25, 0.3) is 0 Å². The Morgan fingerprint density at radius 1 is 1.33 bits per heavy atom. The molecule has 21 heavy (non-hydrogen) atoms. The summed E-state index contributed by atoms with van der Waals surface area (Å²) in [4.78, 5) is 36.8. The summed E-state index contributed by atoms with van der Waals surface area (Å²) in [5, 5.41) is 9.50. The van der Waals surface area contributed by atoms with E-state index >= 15 is 0 Å². The first-order chi connectivity index (χ1) is 9.92. The van der Waals surface area contributed by atoms with Crippen LogP contribution in [0.3, 0.4) is 0 Å². The Morgan fingerprint density at radius 3 is 2.57 bits per heavy atom. The largest absolute Gasteiger partial charge is 0.479 e. The minimum absolute atomic E-state index is 0.234. The van der Waals surface area contributed by atoms with E-state index in [4.69, 9.17) is 5.73 Å². The molecule has 0 aromatic heterocycles. The van der Waals surface area contributed by atoms with Gasteiger partial charge in [0.15, 0.2) is 0 Å². The number of carbonyl (C=O) groups is 3. The Bertz CT molecular complexity index is 599. The van der Waals surface area contributed by atoms with E-state index in [0.717, 1.165) is 0 Å². The first-order valence-corrected chi connectivity index (χ1v) is 6.87. The second-order valence-electron chi connectivity index (χ2n) is 5.20. The number of hydrogen-bond donors (Lipinski definition) is 2. The summed E-state index contributed by atoms with van der Waals surface area (Å²) >= 11 is 0. The van der Waals surface area contributed by atoms with Crippen molar-refractivity contribution in [3.8, 4) is 0 Å². The van der Waals surface area contributed by atoms with E-state index in [1.54, 1.807) is 19.1 Å². The number of likely N-dealkylation sites (tertiary alicyclic amines) is 1. The van der Waals surface area contributed by atoms with Gasteiger partial charge >= 0.3 is 5.97 Å². The monoisotopic (exact) mass is 290 g/mol. The third-order valence-corrected chi connectivity index (χ3v) is 4.11. The average Bonchev–Trinajstić information content (AvgIpc) is 2.91. The van der Waals surface area contributed by atoms with Crippen LogP contribution in [-0.2, 0) is 4.79 Å². The van der Waals surface area contributed by atoms with Crippen molar-refractivity contribution in [2.24, 2.45) is 5.73 Å². The standard InChI is InChI=1S/C15H18N2O4/c1-2-15(14(20)21)7-4-8-17(15)13(19)11-6-3-5-10(9-11)12(16)18/h3,5-6,9H,2,4,7-8H2,1H3,(H2,16,18)(H,20,21). The lowest BCUT2D eigenvalue weighted by molar-refractivity contribution is -0.148. The third-order valence-electron chi connectivity index (χ3n) is 4.11. The molecule has 1 aromatic rings. The maximum atomic E-state index is 12.6. The molecule has 1 aromatic carbocycles. The van der Waals surface area contributed by atoms with Crippen molar-refractivity contribution in [2.75, 3.05) is 6.54 Å². The van der Waals surface area contributed by atoms with Gasteiger partial charge in [-0.3, -0.25) is 9.59 Å². The number of aliphatic carboxylic acids is 1. The molecule has 112 valence electrons. The van der Waals surface area contributed by atoms with Crippen LogP contribution in [0, 0.1) is 0 Å². The van der Waals surface area contributed by atoms with Crippen molar-refractivity contribution in [2.45, 2.75) is 31.7 Å². The molecule has 2 amide bonds. The van der Waals surface area contributed by atoms with Crippen molar-refractivity contribution in [1.29, 1.82) is 0 Å². The fraction of sp³-hybridized carbons (Fsp3) is 0.400.